The van der Waals surface area contributed by atoms with Crippen LogP contribution in [0, 0.1) is 0 Å². The topological polar surface area (TPSA) is 55.4 Å². The lowest BCUT2D eigenvalue weighted by atomic mass is 10.0. The molecule has 0 aliphatic heterocycles. The third-order valence-corrected chi connectivity index (χ3v) is 4.16. The second-order valence-corrected chi connectivity index (χ2v) is 5.76. The van der Waals surface area contributed by atoms with E-state index in [0.717, 1.165) is 40.4 Å². The van der Waals surface area contributed by atoms with Crippen molar-refractivity contribution in [3.8, 4) is 0 Å². The first-order valence-electron chi connectivity index (χ1n) is 7.99. The second kappa shape index (κ2) is 6.34. The lowest BCUT2D eigenvalue weighted by Crippen LogP contribution is -2.17. The maximum atomic E-state index is 11.9. The van der Waals surface area contributed by atoms with Crippen molar-refractivity contribution in [3.05, 3.63) is 82.6 Å². The van der Waals surface area contributed by atoms with E-state index in [2.05, 4.69) is 17.4 Å². The van der Waals surface area contributed by atoms with E-state index >= 15 is 0 Å². The van der Waals surface area contributed by atoms with E-state index in [9.17, 15) is 4.79 Å². The summed E-state index contributed by atoms with van der Waals surface area (Å²) in [6, 6.07) is 17.4. The Bertz CT molecular complexity index is 1030. The molecular weight excluding hydrogens is 302 g/mol. The Balaban J connectivity index is 1.66. The van der Waals surface area contributed by atoms with E-state index < -0.39 is 0 Å². The maximum Gasteiger partial charge on any atom is 0.336 e. The van der Waals surface area contributed by atoms with Gasteiger partial charge in [-0.1, -0.05) is 30.3 Å². The molecule has 1 N–H and O–H groups in total. The van der Waals surface area contributed by atoms with Gasteiger partial charge in [-0.25, -0.2) is 4.79 Å². The number of fused-ring (bicyclic) bond motifs is 3. The van der Waals surface area contributed by atoms with E-state index in [4.69, 9.17) is 8.83 Å². The normalized spacial score (nSPS) is 11.3. The van der Waals surface area contributed by atoms with Gasteiger partial charge in [0.15, 0.2) is 0 Å². The molecule has 0 radical (unpaired) electrons. The minimum atomic E-state index is -0.319. The van der Waals surface area contributed by atoms with Crippen molar-refractivity contribution in [2.75, 3.05) is 6.54 Å². The molecule has 120 valence electrons. The molecular formula is C20H17NO3. The lowest BCUT2D eigenvalue weighted by Gasteiger charge is -2.09. The summed E-state index contributed by atoms with van der Waals surface area (Å²) in [5.74, 6) is 0.949. The van der Waals surface area contributed by atoms with Gasteiger partial charge in [0.05, 0.1) is 6.26 Å². The zero-order valence-corrected chi connectivity index (χ0v) is 13.1. The second-order valence-electron chi connectivity index (χ2n) is 5.76. The molecule has 4 heteroatoms. The van der Waals surface area contributed by atoms with Crippen molar-refractivity contribution >= 4 is 21.7 Å². The van der Waals surface area contributed by atoms with Gasteiger partial charge in [0, 0.05) is 31.0 Å². The monoisotopic (exact) mass is 319 g/mol. The number of hydrogen-bond acceptors (Lipinski definition) is 4. The van der Waals surface area contributed by atoms with Crippen molar-refractivity contribution < 1.29 is 8.83 Å². The predicted octanol–water partition coefficient (Wildman–Crippen LogP) is 3.87. The van der Waals surface area contributed by atoms with Gasteiger partial charge in [-0.15, -0.1) is 0 Å². The Labute approximate surface area is 138 Å². The van der Waals surface area contributed by atoms with E-state index in [0.29, 0.717) is 12.1 Å². The Kier molecular flexibility index (Phi) is 3.89. The van der Waals surface area contributed by atoms with E-state index in [1.54, 1.807) is 12.3 Å². The highest BCUT2D eigenvalue weighted by atomic mass is 16.4. The van der Waals surface area contributed by atoms with Crippen LogP contribution in [0.2, 0.25) is 0 Å². The van der Waals surface area contributed by atoms with Crippen molar-refractivity contribution in [1.82, 2.24) is 5.32 Å². The molecule has 4 nitrogen and oxygen atoms in total. The summed E-state index contributed by atoms with van der Waals surface area (Å²) in [5.41, 5.74) is 1.27. The van der Waals surface area contributed by atoms with Gasteiger partial charge in [-0.3, -0.25) is 0 Å². The highest BCUT2D eigenvalue weighted by Gasteiger charge is 2.09. The van der Waals surface area contributed by atoms with E-state index in [1.807, 2.05) is 36.4 Å². The molecule has 0 saturated carbocycles. The molecule has 2 heterocycles. The Hall–Kier alpha value is -2.85. The van der Waals surface area contributed by atoms with Gasteiger partial charge in [0.1, 0.15) is 11.3 Å². The number of furan rings is 1. The first-order valence-corrected chi connectivity index (χ1v) is 7.99. The van der Waals surface area contributed by atoms with Crippen LogP contribution in [0.15, 0.2) is 74.5 Å². The summed E-state index contributed by atoms with van der Waals surface area (Å²) in [6.07, 6.45) is 2.49. The van der Waals surface area contributed by atoms with Gasteiger partial charge in [-0.2, -0.15) is 0 Å². The number of rotatable bonds is 5. The SMILES string of the molecule is O=c1cc(CNCCc2ccco2)c2c(ccc3ccccc32)o1. The van der Waals surface area contributed by atoms with Crippen LogP contribution in [-0.4, -0.2) is 6.54 Å². The average molecular weight is 319 g/mol. The summed E-state index contributed by atoms with van der Waals surface area (Å²) in [7, 11) is 0. The Morgan fingerprint density at radius 1 is 1.00 bits per heavy atom. The lowest BCUT2D eigenvalue weighted by molar-refractivity contribution is 0.498. The van der Waals surface area contributed by atoms with Gasteiger partial charge in [0.2, 0.25) is 0 Å². The largest absolute Gasteiger partial charge is 0.469 e. The quantitative estimate of drug-likeness (QED) is 0.345. The highest BCUT2D eigenvalue weighted by molar-refractivity contribution is 6.07. The van der Waals surface area contributed by atoms with Crippen LogP contribution in [0.5, 0.6) is 0 Å². The summed E-state index contributed by atoms with van der Waals surface area (Å²) >= 11 is 0. The maximum absolute atomic E-state index is 11.9. The first kappa shape index (κ1) is 14.7. The smallest absolute Gasteiger partial charge is 0.336 e. The molecule has 4 rings (SSSR count). The summed E-state index contributed by atoms with van der Waals surface area (Å²) in [4.78, 5) is 11.9. The zero-order valence-electron chi connectivity index (χ0n) is 13.1. The molecule has 4 aromatic rings. The number of nitrogens with one attached hydrogen (secondary N) is 1. The third kappa shape index (κ3) is 2.84. The Morgan fingerprint density at radius 2 is 1.92 bits per heavy atom. The minimum absolute atomic E-state index is 0.319. The van der Waals surface area contributed by atoms with Crippen LogP contribution >= 0.6 is 0 Å². The molecule has 0 amide bonds. The van der Waals surface area contributed by atoms with E-state index in [1.165, 1.54) is 0 Å². The summed E-state index contributed by atoms with van der Waals surface area (Å²) in [5, 5.41) is 6.62. The van der Waals surface area contributed by atoms with Crippen LogP contribution in [0.3, 0.4) is 0 Å². The van der Waals surface area contributed by atoms with Crippen molar-refractivity contribution in [1.29, 1.82) is 0 Å². The van der Waals surface area contributed by atoms with Crippen LogP contribution in [0.25, 0.3) is 21.7 Å². The fourth-order valence-electron chi connectivity index (χ4n) is 3.05. The molecule has 0 aliphatic carbocycles. The molecule has 0 unspecified atom stereocenters. The van der Waals surface area contributed by atoms with Crippen LogP contribution in [-0.2, 0) is 13.0 Å². The molecule has 0 fully saturated rings. The van der Waals surface area contributed by atoms with E-state index in [-0.39, 0.29) is 5.63 Å². The summed E-state index contributed by atoms with van der Waals surface area (Å²) < 4.78 is 10.7. The highest BCUT2D eigenvalue weighted by Crippen LogP contribution is 2.27. The van der Waals surface area contributed by atoms with Gasteiger partial charge >= 0.3 is 5.63 Å². The van der Waals surface area contributed by atoms with Crippen molar-refractivity contribution in [2.24, 2.45) is 0 Å². The van der Waals surface area contributed by atoms with Gasteiger partial charge in [0.25, 0.3) is 0 Å². The third-order valence-electron chi connectivity index (χ3n) is 4.16. The van der Waals surface area contributed by atoms with Gasteiger partial charge in [-0.05, 0) is 34.5 Å². The van der Waals surface area contributed by atoms with Gasteiger partial charge < -0.3 is 14.2 Å². The van der Waals surface area contributed by atoms with Crippen LogP contribution < -0.4 is 10.9 Å². The van der Waals surface area contributed by atoms with Crippen molar-refractivity contribution in [3.63, 3.8) is 0 Å². The molecule has 24 heavy (non-hydrogen) atoms. The fourth-order valence-corrected chi connectivity index (χ4v) is 3.05. The molecule has 2 aromatic heterocycles. The molecule has 0 spiro atoms. The standard InChI is InChI=1S/C20H17NO3/c22-19-12-15(13-21-10-9-16-5-3-11-23-16)20-17-6-2-1-4-14(17)7-8-18(20)24-19/h1-8,11-12,21H,9-10,13H2. The molecule has 2 aromatic carbocycles. The molecule has 0 atom stereocenters. The molecule has 0 bridgehead atoms. The summed E-state index contributed by atoms with van der Waals surface area (Å²) in [6.45, 7) is 1.39. The fraction of sp³-hybridized carbons (Fsp3) is 0.150. The minimum Gasteiger partial charge on any atom is -0.469 e. The zero-order chi connectivity index (χ0) is 16.4. The number of benzene rings is 2. The van der Waals surface area contributed by atoms with Crippen LogP contribution in [0.1, 0.15) is 11.3 Å². The molecule has 0 aliphatic rings. The van der Waals surface area contributed by atoms with Crippen LogP contribution in [0.4, 0.5) is 0 Å². The predicted molar refractivity (Wildman–Crippen MR) is 94.1 cm³/mol. The molecule has 0 saturated heterocycles. The van der Waals surface area contributed by atoms with Crippen molar-refractivity contribution in [2.45, 2.75) is 13.0 Å². The number of hydrogen-bond donors (Lipinski definition) is 1. The first-order chi connectivity index (χ1) is 11.8. The average Bonchev–Trinajstić information content (AvgIpc) is 3.11. The Morgan fingerprint density at radius 3 is 2.79 bits per heavy atom.